The Morgan fingerprint density at radius 1 is 1.30 bits per heavy atom. The Bertz CT molecular complexity index is 472. The molecule has 0 amide bonds. The summed E-state index contributed by atoms with van der Waals surface area (Å²) >= 11 is 0. The molecule has 1 spiro atoms. The van der Waals surface area contributed by atoms with Crippen LogP contribution in [-0.4, -0.2) is 49.2 Å². The van der Waals surface area contributed by atoms with Crippen molar-refractivity contribution in [3.63, 3.8) is 0 Å². The second-order valence-electron chi connectivity index (χ2n) is 5.79. The topological polar surface area (TPSA) is 36.9 Å². The molecule has 108 valence electrons. The van der Waals surface area contributed by atoms with Crippen LogP contribution in [0.1, 0.15) is 19.3 Å². The quantitative estimate of drug-likeness (QED) is 0.834. The number of aliphatic imine (C=N–C) groups is 1. The Hall–Kier alpha value is -1.55. The van der Waals surface area contributed by atoms with Crippen LogP contribution < -0.4 is 5.32 Å². The minimum absolute atomic E-state index is 0.0929. The zero-order valence-corrected chi connectivity index (χ0v) is 12.0. The van der Waals surface area contributed by atoms with Gasteiger partial charge in [0.25, 0.3) is 6.02 Å². The Kier molecular flexibility index (Phi) is 3.66. The van der Waals surface area contributed by atoms with Crippen molar-refractivity contribution in [2.45, 2.75) is 24.9 Å². The van der Waals surface area contributed by atoms with Gasteiger partial charge in [-0.3, -0.25) is 0 Å². The van der Waals surface area contributed by atoms with Gasteiger partial charge in [-0.15, -0.1) is 0 Å². The lowest BCUT2D eigenvalue weighted by Gasteiger charge is -2.35. The molecule has 3 aliphatic heterocycles. The van der Waals surface area contributed by atoms with Gasteiger partial charge in [0.2, 0.25) is 0 Å². The maximum atomic E-state index is 6.22. The number of allylic oxidation sites excluding steroid dienone is 1. The van der Waals surface area contributed by atoms with E-state index in [2.05, 4.69) is 28.4 Å². The predicted molar refractivity (Wildman–Crippen MR) is 81.8 cm³/mol. The molecular weight excluding hydrogens is 250 g/mol. The molecule has 0 radical (unpaired) electrons. The standard InChI is InChI=1S/C16H23N3O/c1-3-13-6-9-19(10-14(13)4-2)15-18-12-16(20-15)7-5-8-17-11-16/h3-4,17H,1-2,5-12H2. The normalized spacial score (nSPS) is 30.2. The van der Waals surface area contributed by atoms with Crippen molar-refractivity contribution < 1.29 is 4.74 Å². The maximum Gasteiger partial charge on any atom is 0.288 e. The van der Waals surface area contributed by atoms with Gasteiger partial charge in [0.05, 0.1) is 6.54 Å². The predicted octanol–water partition coefficient (Wildman–Crippen LogP) is 1.87. The van der Waals surface area contributed by atoms with Crippen molar-refractivity contribution in [3.8, 4) is 0 Å². The summed E-state index contributed by atoms with van der Waals surface area (Å²) in [5, 5.41) is 3.42. The summed E-state index contributed by atoms with van der Waals surface area (Å²) in [5.41, 5.74) is 2.44. The molecule has 1 unspecified atom stereocenters. The largest absolute Gasteiger partial charge is 0.455 e. The summed E-state index contributed by atoms with van der Waals surface area (Å²) in [5.74, 6) is 0. The fourth-order valence-electron chi connectivity index (χ4n) is 3.19. The Morgan fingerprint density at radius 2 is 2.15 bits per heavy atom. The SMILES string of the molecule is C=CC1=C(C=C)CN(C2=NCC3(CCCNC3)O2)CC1. The molecule has 3 heterocycles. The molecule has 0 aromatic heterocycles. The van der Waals surface area contributed by atoms with Crippen molar-refractivity contribution in [2.24, 2.45) is 4.99 Å². The summed E-state index contributed by atoms with van der Waals surface area (Å²) in [7, 11) is 0. The number of hydrogen-bond acceptors (Lipinski definition) is 4. The molecule has 0 saturated carbocycles. The highest BCUT2D eigenvalue weighted by molar-refractivity contribution is 5.77. The van der Waals surface area contributed by atoms with Crippen LogP contribution in [0.2, 0.25) is 0 Å². The van der Waals surface area contributed by atoms with E-state index in [-0.39, 0.29) is 5.60 Å². The smallest absolute Gasteiger partial charge is 0.288 e. The average molecular weight is 273 g/mol. The summed E-state index contributed by atoms with van der Waals surface area (Å²) in [6, 6.07) is 0.816. The van der Waals surface area contributed by atoms with Crippen molar-refractivity contribution in [3.05, 3.63) is 36.5 Å². The number of nitrogens with one attached hydrogen (secondary N) is 1. The molecule has 0 aliphatic carbocycles. The lowest BCUT2D eigenvalue weighted by atomic mass is 9.95. The summed E-state index contributed by atoms with van der Waals surface area (Å²) < 4.78 is 6.22. The van der Waals surface area contributed by atoms with Gasteiger partial charge in [-0.05, 0) is 37.0 Å². The molecule has 0 aromatic carbocycles. The van der Waals surface area contributed by atoms with Crippen molar-refractivity contribution in [2.75, 3.05) is 32.7 Å². The monoisotopic (exact) mass is 273 g/mol. The highest BCUT2D eigenvalue weighted by Gasteiger charge is 2.41. The minimum Gasteiger partial charge on any atom is -0.455 e. The van der Waals surface area contributed by atoms with E-state index in [1.165, 1.54) is 17.6 Å². The number of amidine groups is 1. The summed E-state index contributed by atoms with van der Waals surface area (Å²) in [4.78, 5) is 6.88. The third-order valence-electron chi connectivity index (χ3n) is 4.43. The molecule has 4 heteroatoms. The second-order valence-corrected chi connectivity index (χ2v) is 5.79. The summed E-state index contributed by atoms with van der Waals surface area (Å²) in [6.45, 7) is 12.3. The first-order chi connectivity index (χ1) is 9.76. The molecule has 1 saturated heterocycles. The van der Waals surface area contributed by atoms with Crippen molar-refractivity contribution in [1.82, 2.24) is 10.2 Å². The van der Waals surface area contributed by atoms with Crippen molar-refractivity contribution >= 4 is 6.02 Å². The number of hydrogen-bond donors (Lipinski definition) is 1. The van der Waals surface area contributed by atoms with E-state index in [0.29, 0.717) is 0 Å². The summed E-state index contributed by atoms with van der Waals surface area (Å²) in [6.07, 6.45) is 7.12. The third kappa shape index (κ3) is 2.40. The zero-order valence-electron chi connectivity index (χ0n) is 12.0. The minimum atomic E-state index is -0.0929. The first-order valence-corrected chi connectivity index (χ1v) is 7.42. The molecule has 0 aromatic rings. The zero-order chi connectivity index (χ0) is 14.0. The fourth-order valence-corrected chi connectivity index (χ4v) is 3.19. The lowest BCUT2D eigenvalue weighted by Crippen LogP contribution is -2.50. The van der Waals surface area contributed by atoms with Crippen LogP contribution in [0.25, 0.3) is 0 Å². The Balaban J connectivity index is 1.68. The number of ether oxygens (including phenoxy) is 1. The van der Waals surface area contributed by atoms with Gasteiger partial charge in [-0.2, -0.15) is 0 Å². The van der Waals surface area contributed by atoms with E-state index in [0.717, 1.165) is 51.6 Å². The van der Waals surface area contributed by atoms with Crippen LogP contribution in [0, 0.1) is 0 Å². The number of rotatable bonds is 2. The molecular formula is C16H23N3O. The molecule has 1 N–H and O–H groups in total. The van der Waals surface area contributed by atoms with E-state index in [9.17, 15) is 0 Å². The first-order valence-electron chi connectivity index (χ1n) is 7.42. The van der Waals surface area contributed by atoms with Crippen LogP contribution in [0.3, 0.4) is 0 Å². The Labute approximate surface area is 120 Å². The molecule has 1 fully saturated rings. The lowest BCUT2D eigenvalue weighted by molar-refractivity contribution is 0.0441. The third-order valence-corrected chi connectivity index (χ3v) is 4.43. The van der Waals surface area contributed by atoms with Gasteiger partial charge >= 0.3 is 0 Å². The molecule has 3 rings (SSSR count). The molecule has 20 heavy (non-hydrogen) atoms. The van der Waals surface area contributed by atoms with Crippen LogP contribution >= 0.6 is 0 Å². The average Bonchev–Trinajstić information content (AvgIpc) is 2.91. The molecule has 0 bridgehead atoms. The van der Waals surface area contributed by atoms with E-state index >= 15 is 0 Å². The second kappa shape index (κ2) is 5.44. The van der Waals surface area contributed by atoms with Gasteiger partial charge in [0, 0.05) is 19.6 Å². The highest BCUT2D eigenvalue weighted by atomic mass is 16.5. The van der Waals surface area contributed by atoms with Gasteiger partial charge in [-0.25, -0.2) is 4.99 Å². The van der Waals surface area contributed by atoms with Gasteiger partial charge in [0.15, 0.2) is 0 Å². The van der Waals surface area contributed by atoms with Gasteiger partial charge in [-0.1, -0.05) is 25.3 Å². The maximum absolute atomic E-state index is 6.22. The van der Waals surface area contributed by atoms with Gasteiger partial charge in [0.1, 0.15) is 5.60 Å². The Morgan fingerprint density at radius 3 is 2.85 bits per heavy atom. The van der Waals surface area contributed by atoms with E-state index in [1.807, 2.05) is 12.2 Å². The van der Waals surface area contributed by atoms with E-state index in [4.69, 9.17) is 4.74 Å². The molecule has 1 atom stereocenters. The van der Waals surface area contributed by atoms with E-state index in [1.54, 1.807) is 0 Å². The highest BCUT2D eigenvalue weighted by Crippen LogP contribution is 2.29. The van der Waals surface area contributed by atoms with Crippen molar-refractivity contribution in [1.29, 1.82) is 0 Å². The van der Waals surface area contributed by atoms with E-state index < -0.39 is 0 Å². The van der Waals surface area contributed by atoms with Crippen LogP contribution in [0.15, 0.2) is 41.4 Å². The molecule has 3 aliphatic rings. The van der Waals surface area contributed by atoms with Crippen LogP contribution in [0.5, 0.6) is 0 Å². The van der Waals surface area contributed by atoms with Crippen LogP contribution in [-0.2, 0) is 4.74 Å². The fraction of sp³-hybridized carbons (Fsp3) is 0.562. The van der Waals surface area contributed by atoms with Gasteiger partial charge < -0.3 is 15.0 Å². The number of piperidine rings is 1. The first kappa shape index (κ1) is 13.4. The molecule has 4 nitrogen and oxygen atoms in total. The van der Waals surface area contributed by atoms with Crippen LogP contribution in [0.4, 0.5) is 0 Å². The number of nitrogens with zero attached hydrogens (tertiary/aromatic N) is 2.